The van der Waals surface area contributed by atoms with Crippen LogP contribution in [-0.4, -0.2) is 45.2 Å². The number of methoxy groups -OCH3 is 1. The van der Waals surface area contributed by atoms with Gasteiger partial charge in [0.2, 0.25) is 5.62 Å². The summed E-state index contributed by atoms with van der Waals surface area (Å²) in [5.74, 6) is -0.737. The molecule has 4 aromatic rings. The average molecular weight is 526 g/mol. The van der Waals surface area contributed by atoms with Crippen LogP contribution in [0.1, 0.15) is 41.5 Å². The zero-order chi connectivity index (χ0) is 27.7. The van der Waals surface area contributed by atoms with Crippen molar-refractivity contribution in [1.29, 1.82) is 0 Å². The lowest BCUT2D eigenvalue weighted by Crippen LogP contribution is -2.41. The molecule has 10 heteroatoms. The number of amides is 1. The highest BCUT2D eigenvalue weighted by Gasteiger charge is 2.32. The third kappa shape index (κ3) is 4.68. The van der Waals surface area contributed by atoms with Gasteiger partial charge in [0.25, 0.3) is 11.5 Å². The van der Waals surface area contributed by atoms with Gasteiger partial charge in [-0.05, 0) is 55.8 Å². The number of rotatable bonds is 7. The lowest BCUT2D eigenvalue weighted by molar-refractivity contribution is -0.117. The highest BCUT2D eigenvalue weighted by molar-refractivity contribution is 5.96. The number of H-pyrrole nitrogens is 2. The Kier molecular flexibility index (Phi) is 6.76. The molecule has 0 radical (unpaired) electrons. The van der Waals surface area contributed by atoms with E-state index in [4.69, 9.17) is 4.74 Å². The zero-order valence-electron chi connectivity index (χ0n) is 21.6. The highest BCUT2D eigenvalue weighted by Crippen LogP contribution is 2.31. The molecule has 0 saturated carbocycles. The van der Waals surface area contributed by atoms with E-state index < -0.39 is 12.0 Å². The number of ether oxygens (including phenoxy) is 1. The second-order valence-electron chi connectivity index (χ2n) is 9.01. The second kappa shape index (κ2) is 10.3. The van der Waals surface area contributed by atoms with Gasteiger partial charge in [0.05, 0.1) is 30.0 Å². The van der Waals surface area contributed by atoms with Gasteiger partial charge < -0.3 is 25.1 Å². The summed E-state index contributed by atoms with van der Waals surface area (Å²) < 4.78 is 6.87. The number of carbonyl (C=O) groups is 2. The first-order valence-corrected chi connectivity index (χ1v) is 12.4. The molecule has 1 aliphatic rings. The van der Waals surface area contributed by atoms with E-state index in [-0.39, 0.29) is 22.4 Å². The van der Waals surface area contributed by atoms with Gasteiger partial charge >= 0.3 is 5.97 Å². The minimum Gasteiger partial charge on any atom is -0.497 e. The number of nitrogens with zero attached hydrogens (tertiary/aromatic N) is 2. The van der Waals surface area contributed by atoms with E-state index in [1.54, 1.807) is 62.6 Å². The van der Waals surface area contributed by atoms with Crippen LogP contribution in [0.2, 0.25) is 0 Å². The SMILES string of the molecule is CCNC(=O)C1=C(C)N=c2[nH]/c(=C\c3ccc(-c4ccccc4C(=O)O)[nH]3)c(=O)n2C1c1cccc(OC)c1. The van der Waals surface area contributed by atoms with Crippen LogP contribution in [0.25, 0.3) is 17.3 Å². The van der Waals surface area contributed by atoms with Crippen LogP contribution < -0.4 is 26.6 Å². The van der Waals surface area contributed by atoms with Gasteiger partial charge in [0.15, 0.2) is 0 Å². The van der Waals surface area contributed by atoms with E-state index in [1.165, 1.54) is 10.6 Å². The number of allylic oxidation sites excluding steroid dienone is 1. The number of aromatic amines is 2. The topological polar surface area (TPSA) is 142 Å². The van der Waals surface area contributed by atoms with E-state index in [1.807, 2.05) is 19.1 Å². The number of carbonyl (C=O) groups excluding carboxylic acids is 1. The average Bonchev–Trinajstić information content (AvgIpc) is 3.52. The van der Waals surface area contributed by atoms with E-state index in [0.29, 0.717) is 51.7 Å². The fourth-order valence-electron chi connectivity index (χ4n) is 4.81. The summed E-state index contributed by atoms with van der Waals surface area (Å²) in [6, 6.07) is 16.7. The quantitative estimate of drug-likeness (QED) is 0.293. The minimum absolute atomic E-state index is 0.167. The van der Waals surface area contributed by atoms with Gasteiger partial charge in [-0.25, -0.2) is 9.79 Å². The maximum atomic E-state index is 13.8. The summed E-state index contributed by atoms with van der Waals surface area (Å²) in [7, 11) is 1.56. The number of hydrogen-bond donors (Lipinski definition) is 4. The molecule has 198 valence electrons. The third-order valence-electron chi connectivity index (χ3n) is 6.57. The summed E-state index contributed by atoms with van der Waals surface area (Å²) >= 11 is 0. The van der Waals surface area contributed by atoms with Crippen LogP contribution in [0.3, 0.4) is 0 Å². The van der Waals surface area contributed by atoms with Gasteiger partial charge in [0.1, 0.15) is 11.1 Å². The number of nitrogens with one attached hydrogen (secondary N) is 3. The second-order valence-corrected chi connectivity index (χ2v) is 9.01. The highest BCUT2D eigenvalue weighted by atomic mass is 16.5. The van der Waals surface area contributed by atoms with Crippen molar-refractivity contribution in [3.8, 4) is 17.0 Å². The van der Waals surface area contributed by atoms with Crippen molar-refractivity contribution in [2.24, 2.45) is 4.99 Å². The first kappa shape index (κ1) is 25.5. The molecule has 1 aliphatic heterocycles. The van der Waals surface area contributed by atoms with Gasteiger partial charge in [-0.15, -0.1) is 0 Å². The Labute approximate surface area is 223 Å². The largest absolute Gasteiger partial charge is 0.497 e. The summed E-state index contributed by atoms with van der Waals surface area (Å²) in [5, 5.41) is 12.6. The number of hydrogen-bond acceptors (Lipinski definition) is 5. The number of carboxylic acids is 1. The molecule has 10 nitrogen and oxygen atoms in total. The number of imidazole rings is 1. The minimum atomic E-state index is -1.03. The summed E-state index contributed by atoms with van der Waals surface area (Å²) in [4.78, 5) is 49.4. The van der Waals surface area contributed by atoms with Crippen molar-refractivity contribution >= 4 is 18.0 Å². The number of aromatic nitrogens is 3. The van der Waals surface area contributed by atoms with Crippen LogP contribution in [0.4, 0.5) is 0 Å². The zero-order valence-corrected chi connectivity index (χ0v) is 21.6. The van der Waals surface area contributed by atoms with Crippen LogP contribution in [-0.2, 0) is 4.79 Å². The first-order valence-electron chi connectivity index (χ1n) is 12.4. The number of aromatic carboxylic acids is 1. The van der Waals surface area contributed by atoms with Crippen LogP contribution in [0.5, 0.6) is 5.75 Å². The molecule has 1 amide bonds. The summed E-state index contributed by atoms with van der Waals surface area (Å²) in [6.45, 7) is 4.00. The Bertz CT molecular complexity index is 1810. The van der Waals surface area contributed by atoms with Crippen molar-refractivity contribution in [2.75, 3.05) is 13.7 Å². The Morgan fingerprint density at radius 1 is 1.13 bits per heavy atom. The molecular formula is C29H27N5O5. The van der Waals surface area contributed by atoms with E-state index in [2.05, 4.69) is 20.3 Å². The summed E-state index contributed by atoms with van der Waals surface area (Å²) in [6.07, 6.45) is 1.64. The molecular weight excluding hydrogens is 498 g/mol. The van der Waals surface area contributed by atoms with Gasteiger partial charge in [-0.1, -0.05) is 30.3 Å². The van der Waals surface area contributed by atoms with Gasteiger partial charge in [-0.3, -0.25) is 14.2 Å². The molecule has 0 spiro atoms. The molecule has 0 saturated heterocycles. The summed E-state index contributed by atoms with van der Waals surface area (Å²) in [5.41, 5.74) is 3.41. The molecule has 0 aliphatic carbocycles. The van der Waals surface area contributed by atoms with Crippen molar-refractivity contribution in [2.45, 2.75) is 19.9 Å². The van der Waals surface area contributed by atoms with Crippen molar-refractivity contribution in [3.63, 3.8) is 0 Å². The van der Waals surface area contributed by atoms with E-state index in [0.717, 1.165) is 0 Å². The number of fused-ring (bicyclic) bond motifs is 1. The Morgan fingerprint density at radius 2 is 1.92 bits per heavy atom. The van der Waals surface area contributed by atoms with Gasteiger partial charge in [-0.2, -0.15) is 0 Å². The molecule has 0 bridgehead atoms. The van der Waals surface area contributed by atoms with E-state index >= 15 is 0 Å². The van der Waals surface area contributed by atoms with Crippen LogP contribution in [0, 0.1) is 0 Å². The molecule has 3 heterocycles. The maximum absolute atomic E-state index is 13.8. The Morgan fingerprint density at radius 3 is 2.67 bits per heavy atom. The van der Waals surface area contributed by atoms with Crippen molar-refractivity contribution in [3.05, 3.63) is 110 Å². The fraction of sp³-hybridized carbons (Fsp3) is 0.172. The predicted molar refractivity (Wildman–Crippen MR) is 145 cm³/mol. The number of benzene rings is 2. The smallest absolute Gasteiger partial charge is 0.336 e. The molecule has 4 N–H and O–H groups in total. The molecule has 2 aromatic heterocycles. The molecule has 2 aromatic carbocycles. The van der Waals surface area contributed by atoms with Crippen molar-refractivity contribution in [1.82, 2.24) is 19.9 Å². The number of carboxylic acid groups (broad SMARTS) is 1. The van der Waals surface area contributed by atoms with Crippen LogP contribution >= 0.6 is 0 Å². The lowest BCUT2D eigenvalue weighted by Gasteiger charge is -2.25. The Balaban J connectivity index is 1.65. The van der Waals surface area contributed by atoms with Crippen molar-refractivity contribution < 1.29 is 19.4 Å². The lowest BCUT2D eigenvalue weighted by atomic mass is 9.95. The standard InChI is InChI=1S/C29H27N5O5/c1-4-30-26(35)24-16(2)31-29-33-23(27(36)34(29)25(24)17-8-7-9-19(14-17)39-3)15-18-12-13-22(32-18)20-10-5-6-11-21(20)28(37)38/h5-15,25,32H,4H2,1-3H3,(H,30,35)(H,31,33)(H,37,38)/b23-15-. The first-order chi connectivity index (χ1) is 18.8. The number of likely N-dealkylation sites (N-methyl/N-ethyl adjacent to an activating group) is 1. The molecule has 1 unspecified atom stereocenters. The predicted octanol–water partition coefficient (Wildman–Crippen LogP) is 2.34. The molecule has 1 atom stereocenters. The van der Waals surface area contributed by atoms with Crippen LogP contribution in [0.15, 0.2) is 81.7 Å². The third-order valence-corrected chi connectivity index (χ3v) is 6.57. The molecule has 5 rings (SSSR count). The maximum Gasteiger partial charge on any atom is 0.336 e. The monoisotopic (exact) mass is 525 g/mol. The normalized spacial score (nSPS) is 15.1. The van der Waals surface area contributed by atoms with E-state index in [9.17, 15) is 19.5 Å². The molecule has 39 heavy (non-hydrogen) atoms. The molecule has 0 fully saturated rings. The van der Waals surface area contributed by atoms with Gasteiger partial charge in [0, 0.05) is 23.5 Å². The fourth-order valence-corrected chi connectivity index (χ4v) is 4.81. The Hall–Kier alpha value is -5.12.